The predicted octanol–water partition coefficient (Wildman–Crippen LogP) is 4.77. The molecule has 18 heavy (non-hydrogen) atoms. The van der Waals surface area contributed by atoms with Gasteiger partial charge in [-0.1, -0.05) is 23.7 Å². The van der Waals surface area contributed by atoms with Crippen LogP contribution in [0.5, 0.6) is 0 Å². The molecule has 3 rings (SSSR count). The standard InChI is InChI=1S/C15H12ClNO/c1-9-3-6-14-13(7-9)17-15(18-14)11-5-4-10(2)12(16)8-11/h3-8H,1-2H3. The molecular weight excluding hydrogens is 246 g/mol. The Hall–Kier alpha value is -1.80. The van der Waals surface area contributed by atoms with E-state index >= 15 is 0 Å². The highest BCUT2D eigenvalue weighted by Crippen LogP contribution is 2.28. The number of nitrogens with zero attached hydrogens (tertiary/aromatic N) is 1. The number of aromatic nitrogens is 1. The Kier molecular flexibility index (Phi) is 2.60. The normalized spacial score (nSPS) is 11.1. The first-order valence-corrected chi connectivity index (χ1v) is 6.15. The molecule has 0 aliphatic heterocycles. The Labute approximate surface area is 110 Å². The zero-order valence-electron chi connectivity index (χ0n) is 10.2. The highest BCUT2D eigenvalue weighted by molar-refractivity contribution is 6.31. The van der Waals surface area contributed by atoms with Gasteiger partial charge in [0.25, 0.3) is 0 Å². The van der Waals surface area contributed by atoms with E-state index in [1.807, 2.05) is 50.2 Å². The highest BCUT2D eigenvalue weighted by atomic mass is 35.5. The van der Waals surface area contributed by atoms with Gasteiger partial charge in [0.15, 0.2) is 5.58 Å². The largest absolute Gasteiger partial charge is 0.436 e. The van der Waals surface area contributed by atoms with Crippen LogP contribution in [0, 0.1) is 13.8 Å². The second-order valence-electron chi connectivity index (χ2n) is 4.45. The number of hydrogen-bond acceptors (Lipinski definition) is 2. The van der Waals surface area contributed by atoms with Crippen LogP contribution in [-0.4, -0.2) is 4.98 Å². The van der Waals surface area contributed by atoms with Gasteiger partial charge in [0.1, 0.15) is 5.52 Å². The lowest BCUT2D eigenvalue weighted by Crippen LogP contribution is -1.80. The Bertz CT molecular complexity index is 730. The second kappa shape index (κ2) is 4.14. The fourth-order valence-corrected chi connectivity index (χ4v) is 2.07. The summed E-state index contributed by atoms with van der Waals surface area (Å²) in [5.74, 6) is 0.609. The molecule has 0 fully saturated rings. The lowest BCUT2D eigenvalue weighted by molar-refractivity contribution is 0.620. The molecule has 0 saturated heterocycles. The molecule has 3 aromatic rings. The molecule has 0 spiro atoms. The van der Waals surface area contributed by atoms with Crippen molar-refractivity contribution in [2.24, 2.45) is 0 Å². The van der Waals surface area contributed by atoms with Crippen LogP contribution in [0.15, 0.2) is 40.8 Å². The van der Waals surface area contributed by atoms with Crippen molar-refractivity contribution in [1.29, 1.82) is 0 Å². The molecule has 0 unspecified atom stereocenters. The fraction of sp³-hybridized carbons (Fsp3) is 0.133. The molecule has 0 atom stereocenters. The quantitative estimate of drug-likeness (QED) is 0.628. The van der Waals surface area contributed by atoms with Gasteiger partial charge < -0.3 is 4.42 Å². The van der Waals surface area contributed by atoms with Crippen molar-refractivity contribution in [2.45, 2.75) is 13.8 Å². The third kappa shape index (κ3) is 1.89. The summed E-state index contributed by atoms with van der Waals surface area (Å²) in [6.07, 6.45) is 0. The smallest absolute Gasteiger partial charge is 0.227 e. The number of fused-ring (bicyclic) bond motifs is 1. The molecule has 0 aliphatic rings. The van der Waals surface area contributed by atoms with Gasteiger partial charge in [0.05, 0.1) is 0 Å². The fourth-order valence-electron chi connectivity index (χ4n) is 1.89. The molecule has 3 heteroatoms. The zero-order chi connectivity index (χ0) is 12.7. The van der Waals surface area contributed by atoms with Crippen molar-refractivity contribution >= 4 is 22.7 Å². The number of rotatable bonds is 1. The van der Waals surface area contributed by atoms with E-state index in [-0.39, 0.29) is 0 Å². The zero-order valence-corrected chi connectivity index (χ0v) is 11.0. The van der Waals surface area contributed by atoms with Crippen molar-refractivity contribution in [3.63, 3.8) is 0 Å². The summed E-state index contributed by atoms with van der Waals surface area (Å²) >= 11 is 6.12. The monoisotopic (exact) mass is 257 g/mol. The van der Waals surface area contributed by atoms with Crippen LogP contribution in [0.4, 0.5) is 0 Å². The first-order valence-electron chi connectivity index (χ1n) is 5.77. The summed E-state index contributed by atoms with van der Waals surface area (Å²) in [5, 5.41) is 0.728. The van der Waals surface area contributed by atoms with Gasteiger partial charge in [-0.25, -0.2) is 4.98 Å². The molecule has 2 aromatic carbocycles. The van der Waals surface area contributed by atoms with Gasteiger partial charge in [0, 0.05) is 10.6 Å². The average molecular weight is 258 g/mol. The molecule has 1 aromatic heterocycles. The van der Waals surface area contributed by atoms with E-state index in [0.717, 1.165) is 27.2 Å². The summed E-state index contributed by atoms with van der Waals surface area (Å²) in [4.78, 5) is 4.49. The van der Waals surface area contributed by atoms with E-state index in [1.165, 1.54) is 5.56 Å². The highest BCUT2D eigenvalue weighted by Gasteiger charge is 2.09. The molecular formula is C15H12ClNO. The Balaban J connectivity index is 2.16. The topological polar surface area (TPSA) is 26.0 Å². The maximum atomic E-state index is 6.12. The summed E-state index contributed by atoms with van der Waals surface area (Å²) in [6, 6.07) is 11.8. The molecule has 0 N–H and O–H groups in total. The SMILES string of the molecule is Cc1ccc2oc(-c3ccc(C)c(Cl)c3)nc2c1. The molecule has 0 bridgehead atoms. The third-order valence-electron chi connectivity index (χ3n) is 2.96. The minimum Gasteiger partial charge on any atom is -0.436 e. The van der Waals surface area contributed by atoms with Crippen molar-refractivity contribution in [3.05, 3.63) is 52.5 Å². The van der Waals surface area contributed by atoms with Gasteiger partial charge in [-0.3, -0.25) is 0 Å². The van der Waals surface area contributed by atoms with Crippen LogP contribution in [-0.2, 0) is 0 Å². The van der Waals surface area contributed by atoms with E-state index < -0.39 is 0 Å². The van der Waals surface area contributed by atoms with Crippen LogP contribution in [0.3, 0.4) is 0 Å². The van der Waals surface area contributed by atoms with Crippen molar-refractivity contribution in [2.75, 3.05) is 0 Å². The lowest BCUT2D eigenvalue weighted by atomic mass is 10.1. The van der Waals surface area contributed by atoms with Crippen LogP contribution in [0.25, 0.3) is 22.6 Å². The summed E-state index contributed by atoms with van der Waals surface area (Å²) in [6.45, 7) is 4.01. The van der Waals surface area contributed by atoms with E-state index in [0.29, 0.717) is 5.89 Å². The third-order valence-corrected chi connectivity index (χ3v) is 3.37. The summed E-state index contributed by atoms with van der Waals surface area (Å²) < 4.78 is 5.73. The minimum atomic E-state index is 0.609. The molecule has 2 nitrogen and oxygen atoms in total. The molecule has 1 heterocycles. The Morgan fingerprint density at radius 3 is 2.67 bits per heavy atom. The van der Waals surface area contributed by atoms with Crippen LogP contribution in [0.1, 0.15) is 11.1 Å². The summed E-state index contributed by atoms with van der Waals surface area (Å²) in [7, 11) is 0. The van der Waals surface area contributed by atoms with Crippen LogP contribution >= 0.6 is 11.6 Å². The van der Waals surface area contributed by atoms with Gasteiger partial charge in [-0.05, 0) is 49.2 Å². The van der Waals surface area contributed by atoms with Crippen molar-refractivity contribution in [3.8, 4) is 11.5 Å². The number of halogens is 1. The number of aryl methyl sites for hydroxylation is 2. The first-order chi connectivity index (χ1) is 8.63. The van der Waals surface area contributed by atoms with E-state index in [2.05, 4.69) is 4.98 Å². The average Bonchev–Trinajstić information content (AvgIpc) is 2.75. The summed E-state index contributed by atoms with van der Waals surface area (Å²) in [5.41, 5.74) is 4.80. The molecule has 0 aliphatic carbocycles. The Morgan fingerprint density at radius 2 is 1.89 bits per heavy atom. The van der Waals surface area contributed by atoms with E-state index in [1.54, 1.807) is 0 Å². The number of hydrogen-bond donors (Lipinski definition) is 0. The Morgan fingerprint density at radius 1 is 1.06 bits per heavy atom. The first kappa shape index (κ1) is 11.3. The second-order valence-corrected chi connectivity index (χ2v) is 4.86. The van der Waals surface area contributed by atoms with Gasteiger partial charge >= 0.3 is 0 Å². The van der Waals surface area contributed by atoms with Gasteiger partial charge in [-0.15, -0.1) is 0 Å². The number of oxazole rings is 1. The van der Waals surface area contributed by atoms with Gasteiger partial charge in [-0.2, -0.15) is 0 Å². The van der Waals surface area contributed by atoms with E-state index in [9.17, 15) is 0 Å². The van der Waals surface area contributed by atoms with Crippen LogP contribution in [0.2, 0.25) is 5.02 Å². The molecule has 0 saturated carbocycles. The molecule has 0 amide bonds. The predicted molar refractivity (Wildman–Crippen MR) is 73.9 cm³/mol. The van der Waals surface area contributed by atoms with Crippen LogP contribution < -0.4 is 0 Å². The number of benzene rings is 2. The minimum absolute atomic E-state index is 0.609. The lowest BCUT2D eigenvalue weighted by Gasteiger charge is -1.99. The van der Waals surface area contributed by atoms with Crippen molar-refractivity contribution < 1.29 is 4.42 Å². The van der Waals surface area contributed by atoms with Crippen molar-refractivity contribution in [1.82, 2.24) is 4.98 Å². The maximum absolute atomic E-state index is 6.12. The molecule has 0 radical (unpaired) electrons. The maximum Gasteiger partial charge on any atom is 0.227 e. The molecule has 90 valence electrons. The van der Waals surface area contributed by atoms with Gasteiger partial charge in [0.2, 0.25) is 5.89 Å². The van der Waals surface area contributed by atoms with E-state index in [4.69, 9.17) is 16.0 Å².